The van der Waals surface area contributed by atoms with Crippen LogP contribution in [0.4, 0.5) is 0 Å². The highest BCUT2D eigenvalue weighted by Gasteiger charge is 2.16. The van der Waals surface area contributed by atoms with Gasteiger partial charge < -0.3 is 0 Å². The molecule has 0 fully saturated rings. The van der Waals surface area contributed by atoms with Crippen LogP contribution in [0.3, 0.4) is 0 Å². The van der Waals surface area contributed by atoms with Crippen molar-refractivity contribution in [2.24, 2.45) is 0 Å². The summed E-state index contributed by atoms with van der Waals surface area (Å²) >= 11 is 0. The molecule has 2 nitrogen and oxygen atoms in total. The van der Waals surface area contributed by atoms with Crippen LogP contribution in [-0.2, 0) is 0 Å². The van der Waals surface area contributed by atoms with Crippen molar-refractivity contribution in [3.63, 3.8) is 0 Å². The predicted octanol–water partition coefficient (Wildman–Crippen LogP) is 11.8. The molecule has 0 aliphatic rings. The zero-order valence-corrected chi connectivity index (χ0v) is 24.9. The molecule has 8 aromatic carbocycles. The van der Waals surface area contributed by atoms with Crippen LogP contribution < -0.4 is 0 Å². The first-order chi connectivity index (χ1) is 22.8. The van der Waals surface area contributed by atoms with Gasteiger partial charge in [0.15, 0.2) is 0 Å². The Morgan fingerprint density at radius 3 is 1.96 bits per heavy atom. The van der Waals surface area contributed by atoms with E-state index in [-0.39, 0.29) is 0 Å². The van der Waals surface area contributed by atoms with Crippen LogP contribution in [0.2, 0.25) is 0 Å². The lowest BCUT2D eigenvalue weighted by Crippen LogP contribution is -1.93. The Morgan fingerprint density at radius 1 is 0.370 bits per heavy atom. The van der Waals surface area contributed by atoms with Crippen LogP contribution in [0.5, 0.6) is 0 Å². The number of fused-ring (bicyclic) bond motifs is 5. The fourth-order valence-electron chi connectivity index (χ4n) is 7.53. The second-order valence-corrected chi connectivity index (χ2v) is 12.2. The molecule has 0 radical (unpaired) electrons. The Bertz CT molecular complexity index is 2780. The molecule has 0 aliphatic heterocycles. The van der Waals surface area contributed by atoms with Gasteiger partial charge in [0, 0.05) is 39.7 Å². The SMILES string of the molecule is c1cncc(-c2ccc3c(c2)nc(-c2cccc(-c4ccc5ccc6cccc7ccc4c5c67)c2)c2ccc4ccccc4c23)c1. The van der Waals surface area contributed by atoms with E-state index in [1.54, 1.807) is 0 Å². The van der Waals surface area contributed by atoms with E-state index in [1.807, 2.05) is 18.5 Å². The quantitative estimate of drug-likeness (QED) is 0.194. The minimum atomic E-state index is 0.980. The van der Waals surface area contributed by atoms with Crippen molar-refractivity contribution < 1.29 is 0 Å². The first-order valence-corrected chi connectivity index (χ1v) is 15.7. The van der Waals surface area contributed by atoms with Crippen LogP contribution in [0.1, 0.15) is 0 Å². The Morgan fingerprint density at radius 2 is 1.07 bits per heavy atom. The molecule has 0 amide bonds. The molecule has 0 saturated carbocycles. The summed E-state index contributed by atoms with van der Waals surface area (Å²) in [6, 6.07) is 53.0. The molecule has 0 saturated heterocycles. The summed E-state index contributed by atoms with van der Waals surface area (Å²) in [7, 11) is 0. The lowest BCUT2D eigenvalue weighted by atomic mass is 9.89. The maximum atomic E-state index is 5.41. The van der Waals surface area contributed by atoms with Gasteiger partial charge >= 0.3 is 0 Å². The van der Waals surface area contributed by atoms with Gasteiger partial charge in [-0.2, -0.15) is 0 Å². The normalized spacial score (nSPS) is 11.9. The van der Waals surface area contributed by atoms with E-state index < -0.39 is 0 Å². The summed E-state index contributed by atoms with van der Waals surface area (Å²) in [5, 5.41) is 13.8. The van der Waals surface area contributed by atoms with Gasteiger partial charge in [-0.3, -0.25) is 4.98 Å². The minimum Gasteiger partial charge on any atom is -0.264 e. The molecule has 0 bridgehead atoms. The maximum Gasteiger partial charge on any atom is 0.0788 e. The lowest BCUT2D eigenvalue weighted by Gasteiger charge is -2.16. The summed E-state index contributed by atoms with van der Waals surface area (Å²) in [4.78, 5) is 9.77. The molecule has 0 atom stereocenters. The molecule has 0 unspecified atom stereocenters. The Balaban J connectivity index is 1.24. The molecule has 2 heteroatoms. The molecule has 46 heavy (non-hydrogen) atoms. The zero-order chi connectivity index (χ0) is 30.2. The van der Waals surface area contributed by atoms with Gasteiger partial charge in [0.2, 0.25) is 0 Å². The van der Waals surface area contributed by atoms with E-state index in [1.165, 1.54) is 59.6 Å². The summed E-state index contributed by atoms with van der Waals surface area (Å²) in [6.45, 7) is 0. The molecule has 10 rings (SSSR count). The van der Waals surface area contributed by atoms with Crippen molar-refractivity contribution in [2.75, 3.05) is 0 Å². The Hall–Kier alpha value is -6.12. The summed E-state index contributed by atoms with van der Waals surface area (Å²) in [6.07, 6.45) is 3.73. The van der Waals surface area contributed by atoms with E-state index in [9.17, 15) is 0 Å². The Labute approximate surface area is 265 Å². The number of rotatable bonds is 3. The average Bonchev–Trinajstić information content (AvgIpc) is 3.13. The van der Waals surface area contributed by atoms with Gasteiger partial charge in [0.1, 0.15) is 0 Å². The van der Waals surface area contributed by atoms with Gasteiger partial charge in [-0.25, -0.2) is 4.98 Å². The van der Waals surface area contributed by atoms with Gasteiger partial charge in [0.25, 0.3) is 0 Å². The van der Waals surface area contributed by atoms with Crippen molar-refractivity contribution in [2.45, 2.75) is 0 Å². The predicted molar refractivity (Wildman–Crippen MR) is 195 cm³/mol. The molecule has 2 aromatic heterocycles. The van der Waals surface area contributed by atoms with Crippen molar-refractivity contribution in [3.8, 4) is 33.5 Å². The largest absolute Gasteiger partial charge is 0.264 e. The summed E-state index contributed by atoms with van der Waals surface area (Å²) in [5.41, 5.74) is 7.71. The molecule has 0 N–H and O–H groups in total. The van der Waals surface area contributed by atoms with Gasteiger partial charge in [-0.1, -0.05) is 127 Å². The van der Waals surface area contributed by atoms with Crippen LogP contribution in [0, 0.1) is 0 Å². The topological polar surface area (TPSA) is 25.8 Å². The van der Waals surface area contributed by atoms with Gasteiger partial charge in [-0.15, -0.1) is 0 Å². The van der Waals surface area contributed by atoms with Crippen LogP contribution in [0.15, 0.2) is 158 Å². The number of pyridine rings is 2. The number of benzene rings is 8. The smallest absolute Gasteiger partial charge is 0.0788 e. The monoisotopic (exact) mass is 582 g/mol. The summed E-state index contributed by atoms with van der Waals surface area (Å²) in [5.74, 6) is 0. The highest BCUT2D eigenvalue weighted by Crippen LogP contribution is 2.42. The molecule has 2 heterocycles. The van der Waals surface area contributed by atoms with Gasteiger partial charge in [-0.05, 0) is 78.0 Å². The third-order valence-corrected chi connectivity index (χ3v) is 9.65. The molecular formula is C44H26N2. The minimum absolute atomic E-state index is 0.980. The fourth-order valence-corrected chi connectivity index (χ4v) is 7.53. The number of aromatic nitrogens is 2. The fraction of sp³-hybridized carbons (Fsp3) is 0. The second-order valence-electron chi connectivity index (χ2n) is 12.2. The highest BCUT2D eigenvalue weighted by atomic mass is 14.7. The summed E-state index contributed by atoms with van der Waals surface area (Å²) < 4.78 is 0. The van der Waals surface area contributed by atoms with E-state index >= 15 is 0 Å². The van der Waals surface area contributed by atoms with Crippen molar-refractivity contribution in [1.82, 2.24) is 9.97 Å². The second kappa shape index (κ2) is 9.69. The molecular weight excluding hydrogens is 556 g/mol. The maximum absolute atomic E-state index is 5.41. The number of nitrogens with zero attached hydrogens (tertiary/aromatic N) is 2. The van der Waals surface area contributed by atoms with E-state index in [2.05, 4.69) is 145 Å². The first-order valence-electron chi connectivity index (χ1n) is 15.7. The van der Waals surface area contributed by atoms with E-state index in [0.29, 0.717) is 0 Å². The molecule has 212 valence electrons. The lowest BCUT2D eigenvalue weighted by molar-refractivity contribution is 1.33. The van der Waals surface area contributed by atoms with Crippen LogP contribution >= 0.6 is 0 Å². The van der Waals surface area contributed by atoms with E-state index in [0.717, 1.165) is 38.7 Å². The highest BCUT2D eigenvalue weighted by molar-refractivity contribution is 6.26. The van der Waals surface area contributed by atoms with E-state index in [4.69, 9.17) is 4.98 Å². The van der Waals surface area contributed by atoms with Crippen molar-refractivity contribution in [3.05, 3.63) is 158 Å². The standard InChI is InChI=1S/C44H26N2/c1-2-12-36-27(6-1)15-22-39-43(36)38-21-18-31(34-11-5-23-45-26-34)25-40(38)46-44(39)33-10-4-9-32(24-33)35-19-16-30-14-13-28-7-3-8-29-17-20-37(35)42(30)41(28)29/h1-26H. The third-order valence-electron chi connectivity index (χ3n) is 9.65. The van der Waals surface area contributed by atoms with Crippen LogP contribution in [0.25, 0.3) is 98.3 Å². The van der Waals surface area contributed by atoms with Crippen LogP contribution in [-0.4, -0.2) is 9.97 Å². The Kier molecular flexibility index (Phi) is 5.31. The molecule has 10 aromatic rings. The molecule has 0 spiro atoms. The molecule has 0 aliphatic carbocycles. The third kappa shape index (κ3) is 3.71. The number of hydrogen-bond donors (Lipinski definition) is 0. The van der Waals surface area contributed by atoms with Gasteiger partial charge in [0.05, 0.1) is 11.2 Å². The average molecular weight is 583 g/mol. The first kappa shape index (κ1) is 25.2. The van der Waals surface area contributed by atoms with Crippen molar-refractivity contribution >= 4 is 64.8 Å². The zero-order valence-electron chi connectivity index (χ0n) is 24.9. The number of hydrogen-bond acceptors (Lipinski definition) is 2. The van der Waals surface area contributed by atoms with Crippen molar-refractivity contribution in [1.29, 1.82) is 0 Å².